The standard InChI is InChI=1S/C36H51N3O7/c1-22(2)29(38-34(44)46-36(7,8)9)32(42)39(26-16-13-17-26)30(25-18-19-28(40)23(3)20-25)31(41)37-27(33(43)45-35(4,5)6)21-24-14-11-10-12-15-24/h10-12,14-15,18-20,22,26-27,29-30,40H,13,16-17,21H2,1-9H3,(H,37,41)(H,38,44). The zero-order valence-electron chi connectivity index (χ0n) is 28.7. The van der Waals surface area contributed by atoms with Crippen molar-refractivity contribution in [2.45, 2.75) is 123 Å². The van der Waals surface area contributed by atoms with Crippen molar-refractivity contribution in [2.24, 2.45) is 5.92 Å². The van der Waals surface area contributed by atoms with E-state index in [0.29, 0.717) is 24.0 Å². The number of hydrogen-bond donors (Lipinski definition) is 3. The molecule has 10 heteroatoms. The lowest BCUT2D eigenvalue weighted by Crippen LogP contribution is -2.59. The van der Waals surface area contributed by atoms with Gasteiger partial charge in [0, 0.05) is 12.5 Å². The smallest absolute Gasteiger partial charge is 0.408 e. The van der Waals surface area contributed by atoms with Crippen molar-refractivity contribution >= 4 is 23.9 Å². The monoisotopic (exact) mass is 637 g/mol. The summed E-state index contributed by atoms with van der Waals surface area (Å²) in [5, 5.41) is 16.0. The maximum absolute atomic E-state index is 14.5. The van der Waals surface area contributed by atoms with E-state index in [1.807, 2.05) is 44.2 Å². The molecule has 1 aliphatic carbocycles. The third-order valence-electron chi connectivity index (χ3n) is 7.68. The summed E-state index contributed by atoms with van der Waals surface area (Å²) < 4.78 is 11.2. The van der Waals surface area contributed by atoms with Crippen molar-refractivity contribution in [3.63, 3.8) is 0 Å². The molecule has 3 atom stereocenters. The van der Waals surface area contributed by atoms with Gasteiger partial charge in [-0.1, -0.05) is 50.2 Å². The molecule has 1 fully saturated rings. The van der Waals surface area contributed by atoms with Crippen LogP contribution >= 0.6 is 0 Å². The fourth-order valence-electron chi connectivity index (χ4n) is 5.25. The number of phenolic OH excluding ortho intramolecular Hbond substituents is 1. The van der Waals surface area contributed by atoms with Gasteiger partial charge < -0.3 is 30.1 Å². The number of aromatic hydroxyl groups is 1. The van der Waals surface area contributed by atoms with E-state index in [4.69, 9.17) is 9.47 Å². The molecular weight excluding hydrogens is 586 g/mol. The average molecular weight is 638 g/mol. The molecule has 3 unspecified atom stereocenters. The Morgan fingerprint density at radius 1 is 0.913 bits per heavy atom. The second kappa shape index (κ2) is 15.0. The van der Waals surface area contributed by atoms with E-state index in [1.165, 1.54) is 6.07 Å². The fraction of sp³-hybridized carbons (Fsp3) is 0.556. The summed E-state index contributed by atoms with van der Waals surface area (Å²) in [5.74, 6) is -1.89. The molecule has 3 rings (SSSR count). The highest BCUT2D eigenvalue weighted by Gasteiger charge is 2.44. The van der Waals surface area contributed by atoms with Crippen LogP contribution in [0.2, 0.25) is 0 Å². The molecule has 3 N–H and O–H groups in total. The van der Waals surface area contributed by atoms with Crippen molar-refractivity contribution in [3.05, 3.63) is 65.2 Å². The van der Waals surface area contributed by atoms with Crippen LogP contribution in [0.3, 0.4) is 0 Å². The summed E-state index contributed by atoms with van der Waals surface area (Å²) in [7, 11) is 0. The zero-order chi connectivity index (χ0) is 34.4. The Hall–Kier alpha value is -4.08. The molecule has 0 spiro atoms. The molecule has 2 aromatic carbocycles. The van der Waals surface area contributed by atoms with Crippen molar-refractivity contribution in [2.75, 3.05) is 0 Å². The minimum absolute atomic E-state index is 0.0480. The third kappa shape index (κ3) is 10.2. The van der Waals surface area contributed by atoms with E-state index < -0.39 is 53.2 Å². The van der Waals surface area contributed by atoms with Crippen LogP contribution in [-0.2, 0) is 30.3 Å². The number of carbonyl (C=O) groups is 4. The molecule has 0 saturated heterocycles. The highest BCUT2D eigenvalue weighted by Crippen LogP contribution is 2.35. The Kier molecular flexibility index (Phi) is 11.9. The van der Waals surface area contributed by atoms with Gasteiger partial charge in [-0.15, -0.1) is 0 Å². The average Bonchev–Trinajstić information content (AvgIpc) is 2.90. The molecule has 10 nitrogen and oxygen atoms in total. The van der Waals surface area contributed by atoms with Gasteiger partial charge >= 0.3 is 12.1 Å². The SMILES string of the molecule is Cc1cc(C(C(=O)NC(Cc2ccccc2)C(=O)OC(C)(C)C)N(C(=O)C(NC(=O)OC(C)(C)C)C(C)C)C2CCC2)ccc1O. The Balaban J connectivity index is 2.08. The Labute approximate surface area is 273 Å². The van der Waals surface area contributed by atoms with Crippen LogP contribution in [0.5, 0.6) is 5.75 Å². The minimum atomic E-state index is -1.17. The second-order valence-electron chi connectivity index (χ2n) is 14.4. The molecule has 46 heavy (non-hydrogen) atoms. The van der Waals surface area contributed by atoms with E-state index in [0.717, 1.165) is 12.0 Å². The molecule has 1 saturated carbocycles. The summed E-state index contributed by atoms with van der Waals surface area (Å²) in [6.45, 7) is 15.8. The number of aryl methyl sites for hydroxylation is 1. The first-order valence-electron chi connectivity index (χ1n) is 16.0. The van der Waals surface area contributed by atoms with Gasteiger partial charge in [0.25, 0.3) is 0 Å². The third-order valence-corrected chi connectivity index (χ3v) is 7.68. The predicted octanol–water partition coefficient (Wildman–Crippen LogP) is 5.74. The van der Waals surface area contributed by atoms with E-state index in [-0.39, 0.29) is 24.1 Å². The molecule has 1 aliphatic rings. The largest absolute Gasteiger partial charge is 0.508 e. The summed E-state index contributed by atoms with van der Waals surface area (Å²) in [5.41, 5.74) is 0.246. The molecular formula is C36H51N3O7. The number of esters is 1. The van der Waals surface area contributed by atoms with Crippen molar-refractivity contribution < 1.29 is 33.8 Å². The Morgan fingerprint density at radius 2 is 1.52 bits per heavy atom. The summed E-state index contributed by atoms with van der Waals surface area (Å²) in [6, 6.07) is 10.6. The molecule has 0 heterocycles. The fourth-order valence-corrected chi connectivity index (χ4v) is 5.25. The first-order chi connectivity index (χ1) is 21.4. The first-order valence-corrected chi connectivity index (χ1v) is 16.0. The minimum Gasteiger partial charge on any atom is -0.508 e. The van der Waals surface area contributed by atoms with Crippen LogP contribution in [0, 0.1) is 12.8 Å². The summed E-state index contributed by atoms with van der Waals surface area (Å²) in [6.07, 6.45) is 1.65. The van der Waals surface area contributed by atoms with Crippen LogP contribution in [0.25, 0.3) is 0 Å². The molecule has 3 amide bonds. The lowest BCUT2D eigenvalue weighted by Gasteiger charge is -2.44. The number of carbonyl (C=O) groups excluding carboxylic acids is 4. The van der Waals surface area contributed by atoms with Gasteiger partial charge in [0.1, 0.15) is 35.1 Å². The number of benzene rings is 2. The van der Waals surface area contributed by atoms with E-state index in [1.54, 1.807) is 65.5 Å². The van der Waals surface area contributed by atoms with Gasteiger partial charge in [0.05, 0.1) is 0 Å². The lowest BCUT2D eigenvalue weighted by molar-refractivity contribution is -0.159. The van der Waals surface area contributed by atoms with Crippen LogP contribution in [0.1, 0.15) is 97.4 Å². The quantitative estimate of drug-likeness (QED) is 0.268. The molecule has 0 aromatic heterocycles. The van der Waals surface area contributed by atoms with Gasteiger partial charge in [-0.3, -0.25) is 9.59 Å². The molecule has 2 aromatic rings. The number of hydrogen-bond acceptors (Lipinski definition) is 7. The Morgan fingerprint density at radius 3 is 2.02 bits per heavy atom. The molecule has 0 aliphatic heterocycles. The molecule has 0 radical (unpaired) electrons. The first kappa shape index (κ1) is 36.4. The Bertz CT molecular complexity index is 1370. The van der Waals surface area contributed by atoms with Crippen LogP contribution in [-0.4, -0.2) is 63.2 Å². The van der Waals surface area contributed by atoms with Gasteiger partial charge in [-0.25, -0.2) is 9.59 Å². The molecule has 0 bridgehead atoms. The highest BCUT2D eigenvalue weighted by molar-refractivity contribution is 5.94. The number of rotatable bonds is 11. The van der Waals surface area contributed by atoms with Gasteiger partial charge in [-0.05, 0) is 102 Å². The van der Waals surface area contributed by atoms with Gasteiger partial charge in [0.15, 0.2) is 0 Å². The maximum Gasteiger partial charge on any atom is 0.408 e. The lowest BCUT2D eigenvalue weighted by atomic mass is 9.87. The number of phenols is 1. The van der Waals surface area contributed by atoms with Crippen molar-refractivity contribution in [1.29, 1.82) is 0 Å². The van der Waals surface area contributed by atoms with Crippen molar-refractivity contribution in [1.82, 2.24) is 15.5 Å². The maximum atomic E-state index is 14.5. The van der Waals surface area contributed by atoms with E-state index in [9.17, 15) is 24.3 Å². The normalized spacial score (nSPS) is 15.6. The van der Waals surface area contributed by atoms with Gasteiger partial charge in [-0.2, -0.15) is 0 Å². The van der Waals surface area contributed by atoms with Gasteiger partial charge in [0.2, 0.25) is 11.8 Å². The van der Waals surface area contributed by atoms with E-state index >= 15 is 0 Å². The van der Waals surface area contributed by atoms with E-state index in [2.05, 4.69) is 10.6 Å². The number of alkyl carbamates (subject to hydrolysis) is 1. The number of nitrogens with zero attached hydrogens (tertiary/aromatic N) is 1. The summed E-state index contributed by atoms with van der Waals surface area (Å²) >= 11 is 0. The number of nitrogens with one attached hydrogen (secondary N) is 2. The van der Waals surface area contributed by atoms with Crippen LogP contribution < -0.4 is 10.6 Å². The molecule has 252 valence electrons. The van der Waals surface area contributed by atoms with Crippen LogP contribution in [0.4, 0.5) is 4.79 Å². The predicted molar refractivity (Wildman–Crippen MR) is 176 cm³/mol. The zero-order valence-corrected chi connectivity index (χ0v) is 28.7. The number of amides is 3. The summed E-state index contributed by atoms with van der Waals surface area (Å²) in [4.78, 5) is 56.9. The topological polar surface area (TPSA) is 134 Å². The number of ether oxygens (including phenoxy) is 2. The van der Waals surface area contributed by atoms with Crippen molar-refractivity contribution in [3.8, 4) is 5.75 Å². The second-order valence-corrected chi connectivity index (χ2v) is 14.4. The van der Waals surface area contributed by atoms with Crippen LogP contribution in [0.15, 0.2) is 48.5 Å². The highest BCUT2D eigenvalue weighted by atomic mass is 16.6.